The lowest BCUT2D eigenvalue weighted by molar-refractivity contribution is -0.448. The lowest BCUT2D eigenvalue weighted by Gasteiger charge is -2.48. The van der Waals surface area contributed by atoms with E-state index in [9.17, 15) is 28.3 Å². The van der Waals surface area contributed by atoms with Crippen LogP contribution < -0.4 is 14.7 Å². The minimum atomic E-state index is -6.09. The van der Waals surface area contributed by atoms with Gasteiger partial charge in [0.05, 0.1) is 0 Å². The molecule has 0 aliphatic heterocycles. The first-order chi connectivity index (χ1) is 5.59. The van der Waals surface area contributed by atoms with Gasteiger partial charge in [0.25, 0.3) is 0 Å². The Bertz CT molecular complexity index is 202. The highest BCUT2D eigenvalue weighted by Gasteiger charge is 2.47. The monoisotopic (exact) mass is 216 g/mol. The van der Waals surface area contributed by atoms with E-state index in [0.29, 0.717) is 6.92 Å². The number of hydrogen-bond acceptors (Lipinski definition) is 5. The lowest BCUT2D eigenvalue weighted by atomic mass is 10.4. The van der Waals surface area contributed by atoms with E-state index in [1.54, 1.807) is 0 Å². The third kappa shape index (κ3) is 3.11. The Balaban J connectivity index is 4.54. The standard InChI is InChI=1S/C5H9F2O5P/c1-3(12-4(2)8)5(6,7)13(9,10)11/h3H,1-2H3,(H2,9,10,11)/p-2. The van der Waals surface area contributed by atoms with Crippen LogP contribution in [0.4, 0.5) is 8.78 Å². The maximum absolute atomic E-state index is 12.5. The number of carbonyl (C=O) groups is 1. The normalized spacial score (nSPS) is 15.3. The van der Waals surface area contributed by atoms with E-state index in [1.807, 2.05) is 0 Å². The van der Waals surface area contributed by atoms with Crippen LogP contribution in [-0.4, -0.2) is 17.7 Å². The van der Waals surface area contributed by atoms with Gasteiger partial charge in [-0.1, -0.05) is 7.94 Å². The van der Waals surface area contributed by atoms with E-state index in [0.717, 1.165) is 6.92 Å². The van der Waals surface area contributed by atoms with Gasteiger partial charge in [0.15, 0.2) is 6.10 Å². The lowest BCUT2D eigenvalue weighted by Crippen LogP contribution is -2.51. The van der Waals surface area contributed by atoms with Crippen LogP contribution in [0.1, 0.15) is 13.8 Å². The fraction of sp³-hybridized carbons (Fsp3) is 0.800. The predicted octanol–water partition coefficient (Wildman–Crippen LogP) is -1.63. The minimum absolute atomic E-state index is 0.629. The number of alkyl halides is 2. The summed E-state index contributed by atoms with van der Waals surface area (Å²) in [5.74, 6) is -1.08. The van der Waals surface area contributed by atoms with Gasteiger partial charge in [0.2, 0.25) is 0 Å². The molecule has 0 rings (SSSR count). The van der Waals surface area contributed by atoms with Gasteiger partial charge in [-0.25, -0.2) is 0 Å². The van der Waals surface area contributed by atoms with Gasteiger partial charge in [0.1, 0.15) is 0 Å². The molecule has 0 N–H and O–H groups in total. The van der Waals surface area contributed by atoms with Gasteiger partial charge in [-0.3, -0.25) is 4.79 Å². The van der Waals surface area contributed by atoms with E-state index in [4.69, 9.17) is 0 Å². The van der Waals surface area contributed by atoms with Gasteiger partial charge in [0, 0.05) is 6.92 Å². The molecule has 0 saturated carbocycles. The molecule has 0 aromatic rings. The SMILES string of the molecule is CC(=O)OC(C)C(F)(F)[P+]([O-])([O-])[O-]. The smallest absolute Gasteiger partial charge is 0.372 e. The van der Waals surface area contributed by atoms with Crippen molar-refractivity contribution in [3.63, 3.8) is 0 Å². The van der Waals surface area contributed by atoms with Crippen LogP contribution in [0.15, 0.2) is 0 Å². The molecule has 13 heavy (non-hydrogen) atoms. The van der Waals surface area contributed by atoms with Crippen LogP contribution in [-0.2, 0) is 9.53 Å². The Morgan fingerprint density at radius 3 is 2.08 bits per heavy atom. The number of hydrogen-bond donors (Lipinski definition) is 0. The van der Waals surface area contributed by atoms with Crippen LogP contribution in [0.2, 0.25) is 0 Å². The molecule has 0 aliphatic carbocycles. The summed E-state index contributed by atoms with van der Waals surface area (Å²) in [5, 5.41) is 0. The molecular formula is C5H7F2O5P-2. The maximum Gasteiger partial charge on any atom is 0.372 e. The Labute approximate surface area is 73.5 Å². The van der Waals surface area contributed by atoms with Crippen LogP contribution in [0.25, 0.3) is 0 Å². The molecule has 0 heterocycles. The fourth-order valence-electron chi connectivity index (χ4n) is 0.543. The highest BCUT2D eigenvalue weighted by Crippen LogP contribution is 2.51. The number of esters is 1. The molecule has 1 atom stereocenters. The van der Waals surface area contributed by atoms with Gasteiger partial charge >= 0.3 is 11.6 Å². The second kappa shape index (κ2) is 3.79. The van der Waals surface area contributed by atoms with Crippen LogP contribution >= 0.6 is 7.94 Å². The van der Waals surface area contributed by atoms with E-state index < -0.39 is 25.7 Å². The highest BCUT2D eigenvalue weighted by molar-refractivity contribution is 7.55. The zero-order chi connectivity index (χ0) is 10.9. The van der Waals surface area contributed by atoms with Crippen LogP contribution in [0.3, 0.4) is 0 Å². The molecule has 0 aliphatic rings. The molecular weight excluding hydrogens is 209 g/mol. The minimum Gasteiger partial charge on any atom is -0.683 e. The summed E-state index contributed by atoms with van der Waals surface area (Å²) in [4.78, 5) is 40.2. The van der Waals surface area contributed by atoms with Crippen molar-refractivity contribution in [1.82, 2.24) is 0 Å². The molecule has 0 fully saturated rings. The predicted molar refractivity (Wildman–Crippen MR) is 33.1 cm³/mol. The molecule has 78 valence electrons. The molecule has 5 nitrogen and oxygen atoms in total. The maximum atomic E-state index is 12.5. The average molecular weight is 216 g/mol. The summed E-state index contributed by atoms with van der Waals surface area (Å²) in [6, 6.07) is 0. The second-order valence-corrected chi connectivity index (χ2v) is 3.93. The van der Waals surface area contributed by atoms with Crippen molar-refractivity contribution in [3.8, 4) is 0 Å². The summed E-state index contributed by atoms with van der Waals surface area (Å²) >= 11 is 0. The first kappa shape index (κ1) is 12.6. The number of carbonyl (C=O) groups excluding carboxylic acids is 1. The van der Waals surface area contributed by atoms with Crippen molar-refractivity contribution in [2.24, 2.45) is 0 Å². The van der Waals surface area contributed by atoms with Crippen molar-refractivity contribution in [1.29, 1.82) is 0 Å². The molecule has 0 aromatic heterocycles. The Kier molecular flexibility index (Phi) is 3.69. The zero-order valence-electron chi connectivity index (χ0n) is 6.82. The van der Waals surface area contributed by atoms with Crippen molar-refractivity contribution < 1.29 is 33.0 Å². The third-order valence-electron chi connectivity index (χ3n) is 1.20. The molecule has 8 heteroatoms. The quantitative estimate of drug-likeness (QED) is 0.417. The fourth-order valence-corrected chi connectivity index (χ4v) is 1.04. The third-order valence-corrected chi connectivity index (χ3v) is 2.29. The molecule has 0 radical (unpaired) electrons. The van der Waals surface area contributed by atoms with Crippen molar-refractivity contribution in [2.75, 3.05) is 0 Å². The summed E-state index contributed by atoms with van der Waals surface area (Å²) in [6.45, 7) is 1.46. The highest BCUT2D eigenvalue weighted by atomic mass is 31.2. The Morgan fingerprint density at radius 1 is 1.46 bits per heavy atom. The Hall–Kier alpha value is -0.360. The van der Waals surface area contributed by atoms with Crippen molar-refractivity contribution >= 4 is 13.9 Å². The zero-order valence-corrected chi connectivity index (χ0v) is 7.72. The van der Waals surface area contributed by atoms with Gasteiger partial charge in [-0.2, -0.15) is 8.78 Å². The summed E-state index contributed by atoms with van der Waals surface area (Å²) in [5.41, 5.74) is -4.57. The Morgan fingerprint density at radius 2 is 1.85 bits per heavy atom. The second-order valence-electron chi connectivity index (χ2n) is 2.34. The van der Waals surface area contributed by atoms with Gasteiger partial charge < -0.3 is 19.4 Å². The van der Waals surface area contributed by atoms with Crippen LogP contribution in [0.5, 0.6) is 0 Å². The summed E-state index contributed by atoms with van der Waals surface area (Å²) in [6.07, 6.45) is -2.27. The average Bonchev–Trinajstić information content (AvgIpc) is 1.82. The number of halogens is 2. The molecule has 0 amide bonds. The molecule has 0 bridgehead atoms. The van der Waals surface area contributed by atoms with Crippen molar-refractivity contribution in [2.45, 2.75) is 25.6 Å². The van der Waals surface area contributed by atoms with Gasteiger partial charge in [-0.15, -0.1) is 0 Å². The van der Waals surface area contributed by atoms with Crippen molar-refractivity contribution in [3.05, 3.63) is 0 Å². The first-order valence-electron chi connectivity index (χ1n) is 3.16. The van der Waals surface area contributed by atoms with E-state index in [1.165, 1.54) is 0 Å². The largest absolute Gasteiger partial charge is 0.683 e. The summed E-state index contributed by atoms with van der Waals surface area (Å²) in [7, 11) is -6.09. The molecule has 0 saturated heterocycles. The molecule has 0 aromatic carbocycles. The van der Waals surface area contributed by atoms with E-state index >= 15 is 0 Å². The van der Waals surface area contributed by atoms with E-state index in [2.05, 4.69) is 4.74 Å². The van der Waals surface area contributed by atoms with Gasteiger partial charge in [-0.05, 0) is 6.92 Å². The summed E-state index contributed by atoms with van der Waals surface area (Å²) < 4.78 is 28.9. The topological polar surface area (TPSA) is 95.5 Å². The first-order valence-corrected chi connectivity index (χ1v) is 4.70. The number of rotatable bonds is 3. The number of ether oxygens (including phenoxy) is 1. The molecule has 0 spiro atoms. The van der Waals surface area contributed by atoms with Crippen LogP contribution in [0, 0.1) is 0 Å². The molecule has 1 unspecified atom stereocenters. The van der Waals surface area contributed by atoms with E-state index in [-0.39, 0.29) is 0 Å².